The van der Waals surface area contributed by atoms with Crippen LogP contribution in [0, 0.1) is 0 Å². The molecule has 72 valence electrons. The standard InChI is InChI=1S/C10H16N2O/c13-9-10(5-1-2-6-10)11-7-12(9)8-3-4-8/h8,11H,1-7H2. The first-order valence-electron chi connectivity index (χ1n) is 5.38. The highest BCUT2D eigenvalue weighted by atomic mass is 16.2. The first kappa shape index (κ1) is 7.80. The summed E-state index contributed by atoms with van der Waals surface area (Å²) in [7, 11) is 0. The zero-order chi connectivity index (χ0) is 8.89. The fourth-order valence-corrected chi connectivity index (χ4v) is 2.71. The molecule has 3 fully saturated rings. The summed E-state index contributed by atoms with van der Waals surface area (Å²) in [5.41, 5.74) is -0.122. The molecule has 0 aromatic heterocycles. The van der Waals surface area contributed by atoms with Crippen LogP contribution in [0.1, 0.15) is 38.5 Å². The predicted molar refractivity (Wildman–Crippen MR) is 49.1 cm³/mol. The molecule has 0 bridgehead atoms. The van der Waals surface area contributed by atoms with Crippen molar-refractivity contribution >= 4 is 5.91 Å². The molecule has 0 aromatic carbocycles. The van der Waals surface area contributed by atoms with Gasteiger partial charge in [-0.2, -0.15) is 0 Å². The van der Waals surface area contributed by atoms with Crippen LogP contribution in [-0.4, -0.2) is 29.1 Å². The Bertz CT molecular complexity index is 241. The average molecular weight is 180 g/mol. The van der Waals surface area contributed by atoms with E-state index in [0.717, 1.165) is 19.5 Å². The van der Waals surface area contributed by atoms with Crippen molar-refractivity contribution in [3.8, 4) is 0 Å². The Labute approximate surface area is 78.5 Å². The lowest BCUT2D eigenvalue weighted by Crippen LogP contribution is -2.44. The maximum atomic E-state index is 12.1. The van der Waals surface area contributed by atoms with E-state index in [1.54, 1.807) is 0 Å². The minimum absolute atomic E-state index is 0.122. The number of nitrogens with one attached hydrogen (secondary N) is 1. The highest BCUT2D eigenvalue weighted by Crippen LogP contribution is 2.38. The van der Waals surface area contributed by atoms with Gasteiger partial charge in [0.25, 0.3) is 0 Å². The van der Waals surface area contributed by atoms with Crippen molar-refractivity contribution in [1.82, 2.24) is 10.2 Å². The lowest BCUT2D eigenvalue weighted by Gasteiger charge is -2.21. The molecule has 3 nitrogen and oxygen atoms in total. The molecule has 1 aliphatic heterocycles. The Morgan fingerprint density at radius 3 is 2.62 bits per heavy atom. The summed E-state index contributed by atoms with van der Waals surface area (Å²) in [4.78, 5) is 14.1. The normalized spacial score (nSPS) is 32.0. The summed E-state index contributed by atoms with van der Waals surface area (Å²) in [6.45, 7) is 0.809. The third kappa shape index (κ3) is 1.03. The van der Waals surface area contributed by atoms with Gasteiger partial charge in [0.2, 0.25) is 5.91 Å². The van der Waals surface area contributed by atoms with E-state index in [1.807, 2.05) is 0 Å². The molecule has 1 spiro atoms. The maximum Gasteiger partial charge on any atom is 0.244 e. The minimum Gasteiger partial charge on any atom is -0.325 e. The maximum absolute atomic E-state index is 12.1. The highest BCUT2D eigenvalue weighted by molar-refractivity contribution is 5.89. The number of carbonyl (C=O) groups excluding carboxylic acids is 1. The van der Waals surface area contributed by atoms with Crippen molar-refractivity contribution in [1.29, 1.82) is 0 Å². The molecule has 0 atom stereocenters. The molecule has 1 saturated heterocycles. The summed E-state index contributed by atoms with van der Waals surface area (Å²) in [6, 6.07) is 0.583. The second-order valence-electron chi connectivity index (χ2n) is 4.63. The SMILES string of the molecule is O=C1N(C2CC2)CNC12CCCC2. The molecule has 0 radical (unpaired) electrons. The van der Waals surface area contributed by atoms with Crippen molar-refractivity contribution in [2.24, 2.45) is 0 Å². The Balaban J connectivity index is 1.81. The van der Waals surface area contributed by atoms with E-state index in [0.29, 0.717) is 11.9 Å². The molecule has 2 aliphatic carbocycles. The molecule has 13 heavy (non-hydrogen) atoms. The molecule has 3 rings (SSSR count). The van der Waals surface area contributed by atoms with E-state index in [-0.39, 0.29) is 5.54 Å². The third-order valence-electron chi connectivity index (χ3n) is 3.70. The van der Waals surface area contributed by atoms with Gasteiger partial charge in [0.15, 0.2) is 0 Å². The van der Waals surface area contributed by atoms with E-state index >= 15 is 0 Å². The Morgan fingerprint density at radius 1 is 1.31 bits per heavy atom. The van der Waals surface area contributed by atoms with Crippen LogP contribution in [0.15, 0.2) is 0 Å². The molecule has 0 unspecified atom stereocenters. The van der Waals surface area contributed by atoms with Crippen LogP contribution in [0.2, 0.25) is 0 Å². The van der Waals surface area contributed by atoms with Crippen molar-refractivity contribution in [3.05, 3.63) is 0 Å². The summed E-state index contributed by atoms with van der Waals surface area (Å²) in [6.07, 6.45) is 7.02. The smallest absolute Gasteiger partial charge is 0.244 e. The van der Waals surface area contributed by atoms with Gasteiger partial charge in [-0.15, -0.1) is 0 Å². The van der Waals surface area contributed by atoms with Gasteiger partial charge in [0.1, 0.15) is 0 Å². The highest BCUT2D eigenvalue weighted by Gasteiger charge is 2.51. The summed E-state index contributed by atoms with van der Waals surface area (Å²) >= 11 is 0. The summed E-state index contributed by atoms with van der Waals surface area (Å²) in [5, 5.41) is 3.43. The molecular weight excluding hydrogens is 164 g/mol. The number of rotatable bonds is 1. The van der Waals surface area contributed by atoms with E-state index < -0.39 is 0 Å². The summed E-state index contributed by atoms with van der Waals surface area (Å²) in [5.74, 6) is 0.396. The van der Waals surface area contributed by atoms with Crippen LogP contribution in [0.5, 0.6) is 0 Å². The van der Waals surface area contributed by atoms with Gasteiger partial charge in [-0.25, -0.2) is 0 Å². The van der Waals surface area contributed by atoms with Crippen molar-refractivity contribution < 1.29 is 4.79 Å². The topological polar surface area (TPSA) is 32.3 Å². The van der Waals surface area contributed by atoms with Crippen molar-refractivity contribution in [2.75, 3.05) is 6.67 Å². The van der Waals surface area contributed by atoms with Gasteiger partial charge in [0, 0.05) is 6.04 Å². The molecule has 2 saturated carbocycles. The van der Waals surface area contributed by atoms with Crippen molar-refractivity contribution in [3.63, 3.8) is 0 Å². The lowest BCUT2D eigenvalue weighted by atomic mass is 9.98. The van der Waals surface area contributed by atoms with Crippen LogP contribution in [-0.2, 0) is 4.79 Å². The van der Waals surface area contributed by atoms with E-state index in [4.69, 9.17) is 0 Å². The third-order valence-corrected chi connectivity index (χ3v) is 3.70. The van der Waals surface area contributed by atoms with Gasteiger partial charge in [-0.1, -0.05) is 12.8 Å². The fourth-order valence-electron chi connectivity index (χ4n) is 2.71. The van der Waals surface area contributed by atoms with Crippen LogP contribution in [0.3, 0.4) is 0 Å². The van der Waals surface area contributed by atoms with Gasteiger partial charge in [-0.05, 0) is 25.7 Å². The fraction of sp³-hybridized carbons (Fsp3) is 0.900. The Morgan fingerprint density at radius 2 is 2.00 bits per heavy atom. The molecular formula is C10H16N2O. The lowest BCUT2D eigenvalue weighted by molar-refractivity contribution is -0.132. The van der Waals surface area contributed by atoms with Gasteiger partial charge < -0.3 is 4.90 Å². The zero-order valence-corrected chi connectivity index (χ0v) is 7.88. The molecule has 3 aliphatic rings. The monoisotopic (exact) mass is 180 g/mol. The molecule has 0 aromatic rings. The Hall–Kier alpha value is -0.570. The summed E-state index contributed by atoms with van der Waals surface area (Å²) < 4.78 is 0. The number of nitrogens with zero attached hydrogens (tertiary/aromatic N) is 1. The molecule has 1 heterocycles. The zero-order valence-electron chi connectivity index (χ0n) is 7.88. The largest absolute Gasteiger partial charge is 0.325 e. The van der Waals surface area contributed by atoms with Crippen LogP contribution >= 0.6 is 0 Å². The van der Waals surface area contributed by atoms with Gasteiger partial charge in [-0.3, -0.25) is 10.1 Å². The second kappa shape index (κ2) is 2.47. The number of hydrogen-bond donors (Lipinski definition) is 1. The molecule has 1 N–H and O–H groups in total. The first-order chi connectivity index (χ1) is 6.32. The second-order valence-corrected chi connectivity index (χ2v) is 4.63. The predicted octanol–water partition coefficient (Wildman–Crippen LogP) is 0.851. The molecule has 3 heteroatoms. The van der Waals surface area contributed by atoms with E-state index in [9.17, 15) is 4.79 Å². The molecule has 1 amide bonds. The number of amides is 1. The van der Waals surface area contributed by atoms with E-state index in [1.165, 1.54) is 25.7 Å². The quantitative estimate of drug-likeness (QED) is 0.649. The van der Waals surface area contributed by atoms with E-state index in [2.05, 4.69) is 10.2 Å². The van der Waals surface area contributed by atoms with Crippen molar-refractivity contribution in [2.45, 2.75) is 50.1 Å². The van der Waals surface area contributed by atoms with Crippen LogP contribution in [0.4, 0.5) is 0 Å². The Kier molecular flexibility index (Phi) is 1.48. The first-order valence-corrected chi connectivity index (χ1v) is 5.38. The van der Waals surface area contributed by atoms with Crippen LogP contribution < -0.4 is 5.32 Å². The number of hydrogen-bond acceptors (Lipinski definition) is 2. The average Bonchev–Trinajstić information content (AvgIpc) is 2.77. The van der Waals surface area contributed by atoms with Crippen LogP contribution in [0.25, 0.3) is 0 Å². The minimum atomic E-state index is -0.122. The van der Waals surface area contributed by atoms with Gasteiger partial charge in [0.05, 0.1) is 12.2 Å². The number of carbonyl (C=O) groups is 1. The van der Waals surface area contributed by atoms with Gasteiger partial charge >= 0.3 is 0 Å².